The molecule has 0 fully saturated rings. The maximum Gasteiger partial charge on any atom is 0.322 e. The first kappa shape index (κ1) is 20.5. The lowest BCUT2D eigenvalue weighted by Crippen LogP contribution is -2.16. The van der Waals surface area contributed by atoms with Gasteiger partial charge in [0.15, 0.2) is 5.89 Å². The van der Waals surface area contributed by atoms with Crippen LogP contribution in [0, 0.1) is 20.8 Å². The summed E-state index contributed by atoms with van der Waals surface area (Å²) in [6.45, 7) is 5.13. The molecule has 0 radical (unpaired) electrons. The molecule has 0 unspecified atom stereocenters. The van der Waals surface area contributed by atoms with Gasteiger partial charge in [0.2, 0.25) is 0 Å². The quantitative estimate of drug-likeness (QED) is 0.469. The molecule has 2 aromatic heterocycles. The van der Waals surface area contributed by atoms with Gasteiger partial charge in [0.1, 0.15) is 17.7 Å². The molecule has 8 nitrogen and oxygen atoms in total. The van der Waals surface area contributed by atoms with Crippen molar-refractivity contribution in [2.24, 2.45) is 0 Å². The lowest BCUT2D eigenvalue weighted by atomic mass is 10.2. The van der Waals surface area contributed by atoms with Crippen molar-refractivity contribution < 1.29 is 17.6 Å². The molecular formula is C22H20N4O4S. The summed E-state index contributed by atoms with van der Waals surface area (Å²) in [6.07, 6.45) is 1.53. The van der Waals surface area contributed by atoms with E-state index in [-0.39, 0.29) is 10.9 Å². The first-order valence-electron chi connectivity index (χ1n) is 9.45. The maximum atomic E-state index is 12.9. The highest BCUT2D eigenvalue weighted by molar-refractivity contribution is 7.92. The number of nitrogens with one attached hydrogen (secondary N) is 1. The molecule has 0 aliphatic heterocycles. The van der Waals surface area contributed by atoms with E-state index < -0.39 is 10.0 Å². The third-order valence-electron chi connectivity index (χ3n) is 4.52. The Morgan fingerprint density at radius 3 is 2.10 bits per heavy atom. The topological polar surface area (TPSA) is 107 Å². The molecule has 4 aromatic rings. The van der Waals surface area contributed by atoms with Crippen LogP contribution < -0.4 is 9.46 Å². The summed E-state index contributed by atoms with van der Waals surface area (Å²) in [5.74, 6) is 1.14. The fourth-order valence-electron chi connectivity index (χ4n) is 2.97. The number of oxazole rings is 1. The number of aryl methyl sites for hydroxylation is 3. The van der Waals surface area contributed by atoms with E-state index in [9.17, 15) is 8.42 Å². The number of rotatable bonds is 6. The lowest BCUT2D eigenvalue weighted by Gasteiger charge is -2.14. The van der Waals surface area contributed by atoms with E-state index in [0.29, 0.717) is 34.4 Å². The summed E-state index contributed by atoms with van der Waals surface area (Å²) >= 11 is 0. The molecular weight excluding hydrogens is 416 g/mol. The van der Waals surface area contributed by atoms with Gasteiger partial charge in [-0.2, -0.15) is 9.97 Å². The van der Waals surface area contributed by atoms with Gasteiger partial charge in [-0.05, 0) is 38.1 Å². The summed E-state index contributed by atoms with van der Waals surface area (Å²) in [6, 6.07) is 15.7. The number of hydrogen-bond donors (Lipinski definition) is 1. The van der Waals surface area contributed by atoms with Gasteiger partial charge in [-0.15, -0.1) is 0 Å². The molecule has 0 amide bonds. The second kappa shape index (κ2) is 8.19. The molecule has 1 N–H and O–H groups in total. The van der Waals surface area contributed by atoms with Crippen molar-refractivity contribution in [1.29, 1.82) is 0 Å². The van der Waals surface area contributed by atoms with Gasteiger partial charge in [0, 0.05) is 12.5 Å². The van der Waals surface area contributed by atoms with Gasteiger partial charge in [0.25, 0.3) is 10.0 Å². The number of benzene rings is 2. The van der Waals surface area contributed by atoms with Crippen LogP contribution in [0.2, 0.25) is 0 Å². The summed E-state index contributed by atoms with van der Waals surface area (Å²) in [5.41, 5.74) is 2.63. The Labute approximate surface area is 180 Å². The SMILES string of the molecule is Cc1nc(-c2ccc(S(=O)(=O)Nc3c(C)nc(Oc4ccccc4)nc3C)cc2)co1. The van der Waals surface area contributed by atoms with Crippen molar-refractivity contribution in [3.05, 3.63) is 78.1 Å². The first-order valence-corrected chi connectivity index (χ1v) is 10.9. The second-order valence-electron chi connectivity index (χ2n) is 6.85. The molecule has 0 aliphatic carbocycles. The number of sulfonamides is 1. The Morgan fingerprint density at radius 2 is 1.52 bits per heavy atom. The van der Waals surface area contributed by atoms with Gasteiger partial charge in [-0.25, -0.2) is 13.4 Å². The van der Waals surface area contributed by atoms with Gasteiger partial charge >= 0.3 is 6.01 Å². The molecule has 2 aromatic carbocycles. The fourth-order valence-corrected chi connectivity index (χ4v) is 4.14. The number of nitrogens with zero attached hydrogens (tertiary/aromatic N) is 3. The minimum Gasteiger partial charge on any atom is -0.449 e. The molecule has 9 heteroatoms. The predicted octanol–water partition coefficient (Wildman–Crippen LogP) is 4.65. The van der Waals surface area contributed by atoms with Gasteiger partial charge in [-0.3, -0.25) is 4.72 Å². The molecule has 2 heterocycles. The van der Waals surface area contributed by atoms with E-state index in [0.717, 1.165) is 5.56 Å². The van der Waals surface area contributed by atoms with Crippen LogP contribution in [0.3, 0.4) is 0 Å². The van der Waals surface area contributed by atoms with Crippen LogP contribution in [0.5, 0.6) is 11.8 Å². The zero-order valence-electron chi connectivity index (χ0n) is 17.2. The molecule has 0 aliphatic rings. The monoisotopic (exact) mass is 436 g/mol. The molecule has 0 spiro atoms. The third-order valence-corrected chi connectivity index (χ3v) is 5.88. The van der Waals surface area contributed by atoms with E-state index in [1.165, 1.54) is 18.4 Å². The normalized spacial score (nSPS) is 11.3. The van der Waals surface area contributed by atoms with Crippen molar-refractivity contribution in [3.8, 4) is 23.0 Å². The average Bonchev–Trinajstić information content (AvgIpc) is 3.18. The van der Waals surface area contributed by atoms with Crippen molar-refractivity contribution in [1.82, 2.24) is 15.0 Å². The maximum absolute atomic E-state index is 12.9. The molecule has 158 valence electrons. The number of aromatic nitrogens is 3. The Bertz CT molecular complexity index is 1290. The van der Waals surface area contributed by atoms with Crippen molar-refractivity contribution >= 4 is 15.7 Å². The average molecular weight is 436 g/mol. The summed E-state index contributed by atoms with van der Waals surface area (Å²) in [4.78, 5) is 12.9. The van der Waals surface area contributed by atoms with Crippen LogP contribution in [-0.2, 0) is 10.0 Å². The lowest BCUT2D eigenvalue weighted by molar-refractivity contribution is 0.439. The first-order chi connectivity index (χ1) is 14.8. The minimum absolute atomic E-state index is 0.111. The van der Waals surface area contributed by atoms with Crippen LogP contribution in [-0.4, -0.2) is 23.4 Å². The summed E-state index contributed by atoms with van der Waals surface area (Å²) < 4.78 is 39.2. The van der Waals surface area contributed by atoms with Gasteiger partial charge in [0.05, 0.1) is 22.0 Å². The number of ether oxygens (including phenoxy) is 1. The van der Waals surface area contributed by atoms with Gasteiger partial charge in [-0.1, -0.05) is 30.3 Å². The van der Waals surface area contributed by atoms with Crippen LogP contribution in [0.25, 0.3) is 11.3 Å². The van der Waals surface area contributed by atoms with Crippen LogP contribution >= 0.6 is 0 Å². The van der Waals surface area contributed by atoms with Crippen molar-refractivity contribution in [3.63, 3.8) is 0 Å². The molecule has 0 bridgehead atoms. The van der Waals surface area contributed by atoms with E-state index >= 15 is 0 Å². The Balaban J connectivity index is 1.56. The van der Waals surface area contributed by atoms with Crippen LogP contribution in [0.4, 0.5) is 5.69 Å². The molecule has 4 rings (SSSR count). The highest BCUT2D eigenvalue weighted by atomic mass is 32.2. The molecule has 0 saturated carbocycles. The second-order valence-corrected chi connectivity index (χ2v) is 8.53. The number of para-hydroxylation sites is 1. The zero-order valence-corrected chi connectivity index (χ0v) is 18.0. The molecule has 31 heavy (non-hydrogen) atoms. The third kappa shape index (κ3) is 4.56. The van der Waals surface area contributed by atoms with E-state index in [4.69, 9.17) is 9.15 Å². The highest BCUT2D eigenvalue weighted by Crippen LogP contribution is 2.26. The standard InChI is InChI=1S/C22H20N4O4S/c1-14-21(15(2)24-22(23-14)30-18-7-5-4-6-8-18)26-31(27,28)19-11-9-17(10-12-19)20-13-29-16(3)25-20/h4-13,26H,1-3H3. The molecule has 0 atom stereocenters. The largest absolute Gasteiger partial charge is 0.449 e. The summed E-state index contributed by atoms with van der Waals surface area (Å²) in [5, 5.41) is 0. The molecule has 0 saturated heterocycles. The highest BCUT2D eigenvalue weighted by Gasteiger charge is 2.19. The van der Waals surface area contributed by atoms with Crippen molar-refractivity contribution in [2.45, 2.75) is 25.7 Å². The Kier molecular flexibility index (Phi) is 5.43. The van der Waals surface area contributed by atoms with Crippen molar-refractivity contribution in [2.75, 3.05) is 4.72 Å². The smallest absolute Gasteiger partial charge is 0.322 e. The van der Waals surface area contributed by atoms with E-state index in [1.807, 2.05) is 18.2 Å². The van der Waals surface area contributed by atoms with Crippen LogP contribution in [0.15, 0.2) is 70.2 Å². The van der Waals surface area contributed by atoms with E-state index in [1.54, 1.807) is 45.0 Å². The minimum atomic E-state index is -3.84. The van der Waals surface area contributed by atoms with Gasteiger partial charge < -0.3 is 9.15 Å². The predicted molar refractivity (Wildman–Crippen MR) is 116 cm³/mol. The zero-order chi connectivity index (χ0) is 22.0. The number of anilines is 1. The van der Waals surface area contributed by atoms with E-state index in [2.05, 4.69) is 19.7 Å². The summed E-state index contributed by atoms with van der Waals surface area (Å²) in [7, 11) is -3.84. The Hall–Kier alpha value is -3.72. The number of hydrogen-bond acceptors (Lipinski definition) is 7. The van der Waals surface area contributed by atoms with Crippen LogP contribution in [0.1, 0.15) is 17.3 Å². The Morgan fingerprint density at radius 1 is 0.871 bits per heavy atom. The fraction of sp³-hybridized carbons (Fsp3) is 0.136.